The standard InChI is InChI=1S/C33H45N5O9/c34-19-22-8-12-25(13-9-22)31(43)36-27(18-23-10-11-24-5-1-2-6-26(24)17-23)32(44)35-16-4-3-7-28(46-20-39)37-33(45)38-29(47-21-40)14-15-30(41)42/h1-2,5-6,10-11,17,20-22,25,27-29H,3-4,7-9,12-16,18-19,34H2,(H,35,44)(H,36,43)(H,41,42)(H2,37,38,45)/t22?,25?,27-,28+,29+/m0/s1. The summed E-state index contributed by atoms with van der Waals surface area (Å²) in [6.45, 7) is 1.15. The third-order valence-electron chi connectivity index (χ3n) is 8.27. The summed E-state index contributed by atoms with van der Waals surface area (Å²) in [7, 11) is 0. The number of carbonyl (C=O) groups excluding carboxylic acids is 5. The molecule has 14 nitrogen and oxygen atoms in total. The predicted molar refractivity (Wildman–Crippen MR) is 171 cm³/mol. The summed E-state index contributed by atoms with van der Waals surface area (Å²) in [6.07, 6.45) is 1.99. The number of rotatable bonds is 20. The molecule has 2 aromatic carbocycles. The van der Waals surface area contributed by atoms with Crippen molar-refractivity contribution in [2.75, 3.05) is 13.1 Å². The third kappa shape index (κ3) is 12.9. The van der Waals surface area contributed by atoms with Crippen molar-refractivity contribution < 1.29 is 43.3 Å². The Morgan fingerprint density at radius 2 is 1.53 bits per heavy atom. The Hall–Kier alpha value is -4.72. The van der Waals surface area contributed by atoms with Gasteiger partial charge in [-0.1, -0.05) is 42.5 Å². The van der Waals surface area contributed by atoms with Gasteiger partial charge in [-0.2, -0.15) is 0 Å². The number of ether oxygens (including phenoxy) is 2. The molecule has 256 valence electrons. The second-order valence-corrected chi connectivity index (χ2v) is 11.7. The van der Waals surface area contributed by atoms with Crippen molar-refractivity contribution >= 4 is 47.5 Å². The highest BCUT2D eigenvalue weighted by Gasteiger charge is 2.29. The molecule has 14 heteroatoms. The first-order valence-corrected chi connectivity index (χ1v) is 15.9. The topological polar surface area (TPSA) is 215 Å². The molecule has 0 bridgehead atoms. The van der Waals surface area contributed by atoms with E-state index >= 15 is 0 Å². The maximum absolute atomic E-state index is 13.4. The molecule has 0 aromatic heterocycles. The van der Waals surface area contributed by atoms with E-state index in [1.807, 2.05) is 42.5 Å². The fourth-order valence-electron chi connectivity index (χ4n) is 5.62. The predicted octanol–water partition coefficient (Wildman–Crippen LogP) is 2.08. The van der Waals surface area contributed by atoms with E-state index in [1.165, 1.54) is 0 Å². The Bertz CT molecular complexity index is 1350. The van der Waals surface area contributed by atoms with Crippen LogP contribution >= 0.6 is 0 Å². The zero-order chi connectivity index (χ0) is 34.0. The normalized spacial score (nSPS) is 17.7. The number of nitrogens with one attached hydrogen (secondary N) is 4. The summed E-state index contributed by atoms with van der Waals surface area (Å²) in [5.41, 5.74) is 6.72. The van der Waals surface area contributed by atoms with E-state index in [-0.39, 0.29) is 56.5 Å². The van der Waals surface area contributed by atoms with Crippen LogP contribution in [0.15, 0.2) is 42.5 Å². The van der Waals surface area contributed by atoms with Gasteiger partial charge in [-0.3, -0.25) is 24.0 Å². The van der Waals surface area contributed by atoms with E-state index in [0.717, 1.165) is 42.0 Å². The number of urea groups is 1. The molecular weight excluding hydrogens is 610 g/mol. The number of hydrogen-bond acceptors (Lipinski definition) is 9. The minimum atomic E-state index is -1.18. The highest BCUT2D eigenvalue weighted by atomic mass is 16.5. The molecule has 0 unspecified atom stereocenters. The van der Waals surface area contributed by atoms with Gasteiger partial charge in [0, 0.05) is 31.7 Å². The quantitative estimate of drug-likeness (QED) is 0.0694. The minimum Gasteiger partial charge on any atom is -0.481 e. The molecule has 7 N–H and O–H groups in total. The largest absolute Gasteiger partial charge is 0.481 e. The second-order valence-electron chi connectivity index (χ2n) is 11.7. The van der Waals surface area contributed by atoms with E-state index in [1.54, 1.807) is 0 Å². The van der Waals surface area contributed by atoms with Gasteiger partial charge in [0.1, 0.15) is 6.04 Å². The Kier molecular flexibility index (Phi) is 15.4. The molecule has 1 fully saturated rings. The maximum Gasteiger partial charge on any atom is 0.320 e. The lowest BCUT2D eigenvalue weighted by Crippen LogP contribution is -2.50. The average Bonchev–Trinajstić information content (AvgIpc) is 3.06. The van der Waals surface area contributed by atoms with Crippen LogP contribution < -0.4 is 27.0 Å². The lowest BCUT2D eigenvalue weighted by molar-refractivity contribution is -0.141. The molecule has 47 heavy (non-hydrogen) atoms. The van der Waals surface area contributed by atoms with Crippen LogP contribution in [0.2, 0.25) is 0 Å². The maximum atomic E-state index is 13.4. The van der Waals surface area contributed by atoms with Crippen molar-refractivity contribution in [2.24, 2.45) is 17.6 Å². The van der Waals surface area contributed by atoms with Gasteiger partial charge in [-0.05, 0) is 67.3 Å². The second kappa shape index (κ2) is 19.7. The molecule has 0 spiro atoms. The number of aliphatic carboxylic acids is 1. The fourth-order valence-corrected chi connectivity index (χ4v) is 5.62. The van der Waals surface area contributed by atoms with Gasteiger partial charge in [-0.25, -0.2) is 4.79 Å². The van der Waals surface area contributed by atoms with Crippen molar-refractivity contribution in [3.8, 4) is 0 Å². The van der Waals surface area contributed by atoms with Crippen LogP contribution in [0.1, 0.15) is 63.4 Å². The molecule has 2 aromatic rings. The molecule has 0 radical (unpaired) electrons. The summed E-state index contributed by atoms with van der Waals surface area (Å²) in [5, 5.41) is 21.5. The summed E-state index contributed by atoms with van der Waals surface area (Å²) in [4.78, 5) is 71.4. The summed E-state index contributed by atoms with van der Waals surface area (Å²) in [5.74, 6) is -1.32. The first-order valence-electron chi connectivity index (χ1n) is 15.9. The molecule has 4 amide bonds. The highest BCUT2D eigenvalue weighted by molar-refractivity contribution is 5.89. The zero-order valence-corrected chi connectivity index (χ0v) is 26.4. The van der Waals surface area contributed by atoms with Crippen molar-refractivity contribution in [3.05, 3.63) is 48.0 Å². The van der Waals surface area contributed by atoms with Crippen molar-refractivity contribution in [2.45, 2.75) is 82.7 Å². The van der Waals surface area contributed by atoms with Crippen LogP contribution in [0, 0.1) is 11.8 Å². The van der Waals surface area contributed by atoms with Crippen molar-refractivity contribution in [3.63, 3.8) is 0 Å². The van der Waals surface area contributed by atoms with E-state index in [4.69, 9.17) is 15.6 Å². The van der Waals surface area contributed by atoms with Crippen LogP contribution in [-0.2, 0) is 39.9 Å². The number of hydrogen-bond donors (Lipinski definition) is 6. The Labute approximate surface area is 273 Å². The molecule has 1 aliphatic rings. The van der Waals surface area contributed by atoms with Crippen LogP contribution in [0.5, 0.6) is 0 Å². The number of carboxylic acids is 1. The molecular formula is C33H45N5O9. The first-order chi connectivity index (χ1) is 22.7. The Balaban J connectivity index is 1.53. The Morgan fingerprint density at radius 1 is 0.872 bits per heavy atom. The molecule has 1 aliphatic carbocycles. The fraction of sp³-hybridized carbons (Fsp3) is 0.515. The van der Waals surface area contributed by atoms with Gasteiger partial charge < -0.3 is 41.6 Å². The number of carboxylic acid groups (broad SMARTS) is 1. The lowest BCUT2D eigenvalue weighted by Gasteiger charge is -2.28. The number of carbonyl (C=O) groups is 6. The summed E-state index contributed by atoms with van der Waals surface area (Å²) < 4.78 is 9.62. The molecule has 3 rings (SSSR count). The van der Waals surface area contributed by atoms with Gasteiger partial charge in [0.15, 0.2) is 12.5 Å². The smallest absolute Gasteiger partial charge is 0.320 e. The number of fused-ring (bicyclic) bond motifs is 1. The number of unbranched alkanes of at least 4 members (excludes halogenated alkanes) is 1. The van der Waals surface area contributed by atoms with E-state index < -0.39 is 30.5 Å². The van der Waals surface area contributed by atoms with Gasteiger partial charge in [0.2, 0.25) is 11.8 Å². The van der Waals surface area contributed by atoms with E-state index in [0.29, 0.717) is 31.7 Å². The third-order valence-corrected chi connectivity index (χ3v) is 8.27. The summed E-state index contributed by atoms with van der Waals surface area (Å²) >= 11 is 0. The molecule has 0 saturated heterocycles. The molecule has 1 saturated carbocycles. The van der Waals surface area contributed by atoms with Crippen molar-refractivity contribution in [1.29, 1.82) is 0 Å². The highest BCUT2D eigenvalue weighted by Crippen LogP contribution is 2.28. The number of benzene rings is 2. The zero-order valence-electron chi connectivity index (χ0n) is 26.4. The van der Waals surface area contributed by atoms with Crippen LogP contribution in [0.4, 0.5) is 4.79 Å². The number of amides is 4. The monoisotopic (exact) mass is 655 g/mol. The average molecular weight is 656 g/mol. The number of nitrogens with two attached hydrogens (primary N) is 1. The van der Waals surface area contributed by atoms with Crippen LogP contribution in [0.3, 0.4) is 0 Å². The van der Waals surface area contributed by atoms with Gasteiger partial charge in [-0.15, -0.1) is 0 Å². The van der Waals surface area contributed by atoms with Gasteiger partial charge in [0.25, 0.3) is 12.9 Å². The SMILES string of the molecule is NCC1CCC(C(=O)N[C@@H](Cc2ccc3ccccc3c2)C(=O)NCCCC[C@H](NC(=O)N[C@@H](CCC(=O)O)OC=O)OC=O)CC1. The minimum absolute atomic E-state index is 0.0890. The lowest BCUT2D eigenvalue weighted by atomic mass is 9.81. The van der Waals surface area contributed by atoms with Gasteiger partial charge in [0.05, 0.1) is 6.42 Å². The molecule has 0 aliphatic heterocycles. The van der Waals surface area contributed by atoms with E-state index in [2.05, 4.69) is 26.0 Å². The van der Waals surface area contributed by atoms with Gasteiger partial charge >= 0.3 is 12.0 Å². The molecule has 0 heterocycles. The van der Waals surface area contributed by atoms with Crippen LogP contribution in [-0.4, -0.2) is 73.5 Å². The Morgan fingerprint density at radius 3 is 2.17 bits per heavy atom. The molecule has 3 atom stereocenters. The van der Waals surface area contributed by atoms with Crippen molar-refractivity contribution in [1.82, 2.24) is 21.3 Å². The van der Waals surface area contributed by atoms with E-state index in [9.17, 15) is 28.8 Å². The van der Waals surface area contributed by atoms with Crippen LogP contribution in [0.25, 0.3) is 10.8 Å². The first kappa shape index (κ1) is 36.7. The summed E-state index contributed by atoms with van der Waals surface area (Å²) in [6, 6.07) is 12.3.